The molecule has 4 rings (SSSR count). The third kappa shape index (κ3) is 3.37. The van der Waals surface area contributed by atoms with Gasteiger partial charge in [-0.25, -0.2) is 14.6 Å². The summed E-state index contributed by atoms with van der Waals surface area (Å²) in [5, 5.41) is 5.35. The van der Waals surface area contributed by atoms with E-state index in [1.54, 1.807) is 0 Å². The standard InChI is InChI=1S/C19H20ClN5/c1-14-17(13-25(23-14)16-7-5-15(20)6-8-16)18-9-10-21-19(22-18)24-11-3-2-4-12-24/h5-10,13H,2-4,11-12H2,1H3. The molecule has 1 fully saturated rings. The molecule has 1 aliphatic rings. The van der Waals surface area contributed by atoms with Gasteiger partial charge in [-0.1, -0.05) is 11.6 Å². The van der Waals surface area contributed by atoms with Crippen LogP contribution in [0.5, 0.6) is 0 Å². The van der Waals surface area contributed by atoms with Crippen molar-refractivity contribution in [3.8, 4) is 16.9 Å². The Balaban J connectivity index is 1.66. The molecule has 1 aromatic carbocycles. The average molecular weight is 354 g/mol. The number of rotatable bonds is 3. The van der Waals surface area contributed by atoms with Crippen LogP contribution < -0.4 is 4.90 Å². The molecule has 0 amide bonds. The van der Waals surface area contributed by atoms with Gasteiger partial charge in [0.1, 0.15) is 0 Å². The summed E-state index contributed by atoms with van der Waals surface area (Å²) in [6.45, 7) is 4.07. The van der Waals surface area contributed by atoms with Crippen molar-refractivity contribution in [2.45, 2.75) is 26.2 Å². The highest BCUT2D eigenvalue weighted by Crippen LogP contribution is 2.25. The molecular weight excluding hydrogens is 334 g/mol. The lowest BCUT2D eigenvalue weighted by molar-refractivity contribution is 0.568. The van der Waals surface area contributed by atoms with E-state index in [0.717, 1.165) is 46.7 Å². The number of nitrogens with zero attached hydrogens (tertiary/aromatic N) is 5. The SMILES string of the molecule is Cc1nn(-c2ccc(Cl)cc2)cc1-c1ccnc(N2CCCCC2)n1. The van der Waals surface area contributed by atoms with Crippen LogP contribution in [0.25, 0.3) is 16.9 Å². The number of aromatic nitrogens is 4. The van der Waals surface area contributed by atoms with Crippen molar-refractivity contribution in [1.82, 2.24) is 19.7 Å². The van der Waals surface area contributed by atoms with Crippen molar-refractivity contribution in [3.63, 3.8) is 0 Å². The van der Waals surface area contributed by atoms with E-state index in [2.05, 4.69) is 15.0 Å². The molecule has 0 N–H and O–H groups in total. The Labute approximate surface area is 152 Å². The Morgan fingerprint density at radius 2 is 1.76 bits per heavy atom. The van der Waals surface area contributed by atoms with Gasteiger partial charge in [-0.2, -0.15) is 5.10 Å². The van der Waals surface area contributed by atoms with E-state index < -0.39 is 0 Å². The van der Waals surface area contributed by atoms with E-state index in [-0.39, 0.29) is 0 Å². The van der Waals surface area contributed by atoms with Gasteiger partial charge in [0, 0.05) is 36.1 Å². The number of benzene rings is 1. The van der Waals surface area contributed by atoms with Gasteiger partial charge in [0.15, 0.2) is 0 Å². The molecule has 0 saturated carbocycles. The molecule has 128 valence electrons. The fourth-order valence-corrected chi connectivity index (χ4v) is 3.31. The zero-order valence-electron chi connectivity index (χ0n) is 14.2. The van der Waals surface area contributed by atoms with Crippen molar-refractivity contribution < 1.29 is 0 Å². The van der Waals surface area contributed by atoms with Crippen molar-refractivity contribution >= 4 is 17.5 Å². The molecule has 3 aromatic rings. The highest BCUT2D eigenvalue weighted by atomic mass is 35.5. The second kappa shape index (κ2) is 6.84. The first kappa shape index (κ1) is 16.1. The second-order valence-corrected chi connectivity index (χ2v) is 6.78. The Hall–Kier alpha value is -2.40. The van der Waals surface area contributed by atoms with Crippen molar-refractivity contribution in [2.75, 3.05) is 18.0 Å². The number of piperidine rings is 1. The molecule has 5 nitrogen and oxygen atoms in total. The number of halogens is 1. The topological polar surface area (TPSA) is 46.8 Å². The second-order valence-electron chi connectivity index (χ2n) is 6.34. The molecule has 2 aromatic heterocycles. The molecule has 0 atom stereocenters. The maximum absolute atomic E-state index is 5.97. The molecule has 3 heterocycles. The van der Waals surface area contributed by atoms with Crippen LogP contribution in [0, 0.1) is 6.92 Å². The summed E-state index contributed by atoms with van der Waals surface area (Å²) in [7, 11) is 0. The molecule has 6 heteroatoms. The van der Waals surface area contributed by atoms with Crippen LogP contribution in [-0.4, -0.2) is 32.8 Å². The first-order valence-electron chi connectivity index (χ1n) is 8.61. The van der Waals surface area contributed by atoms with Gasteiger partial charge in [0.25, 0.3) is 0 Å². The molecule has 0 unspecified atom stereocenters. The van der Waals surface area contributed by atoms with Gasteiger partial charge < -0.3 is 4.90 Å². The van der Waals surface area contributed by atoms with E-state index in [4.69, 9.17) is 16.6 Å². The third-order valence-electron chi connectivity index (χ3n) is 4.55. The first-order valence-corrected chi connectivity index (χ1v) is 8.99. The van der Waals surface area contributed by atoms with Crippen LogP contribution in [0.2, 0.25) is 5.02 Å². The molecule has 0 bridgehead atoms. The van der Waals surface area contributed by atoms with Gasteiger partial charge in [0.05, 0.1) is 17.1 Å². The summed E-state index contributed by atoms with van der Waals surface area (Å²) >= 11 is 5.97. The summed E-state index contributed by atoms with van der Waals surface area (Å²) in [5.74, 6) is 0.816. The molecule has 25 heavy (non-hydrogen) atoms. The van der Waals surface area contributed by atoms with Crippen LogP contribution in [-0.2, 0) is 0 Å². The maximum atomic E-state index is 5.97. The first-order chi connectivity index (χ1) is 12.2. The van der Waals surface area contributed by atoms with Crippen molar-refractivity contribution in [2.24, 2.45) is 0 Å². The molecule has 1 saturated heterocycles. The monoisotopic (exact) mass is 353 g/mol. The Morgan fingerprint density at radius 1 is 1.00 bits per heavy atom. The minimum absolute atomic E-state index is 0.717. The number of hydrogen-bond acceptors (Lipinski definition) is 4. The number of aryl methyl sites for hydroxylation is 1. The maximum Gasteiger partial charge on any atom is 0.225 e. The van der Waals surface area contributed by atoms with Crippen LogP contribution in [0.4, 0.5) is 5.95 Å². The fraction of sp³-hybridized carbons (Fsp3) is 0.316. The lowest BCUT2D eigenvalue weighted by Gasteiger charge is -2.26. The molecule has 0 aliphatic carbocycles. The molecule has 0 radical (unpaired) electrons. The quantitative estimate of drug-likeness (QED) is 0.705. The van der Waals surface area contributed by atoms with Gasteiger partial charge in [0.2, 0.25) is 5.95 Å². The van der Waals surface area contributed by atoms with E-state index in [1.807, 2.05) is 54.3 Å². The van der Waals surface area contributed by atoms with Crippen molar-refractivity contribution in [3.05, 3.63) is 53.4 Å². The molecule has 1 aliphatic heterocycles. The van der Waals surface area contributed by atoms with E-state index >= 15 is 0 Å². The number of anilines is 1. The number of hydrogen-bond donors (Lipinski definition) is 0. The highest BCUT2D eigenvalue weighted by molar-refractivity contribution is 6.30. The van der Waals surface area contributed by atoms with Crippen molar-refractivity contribution in [1.29, 1.82) is 0 Å². The summed E-state index contributed by atoms with van der Waals surface area (Å²) < 4.78 is 1.86. The van der Waals surface area contributed by atoms with Crippen LogP contribution >= 0.6 is 11.6 Å². The summed E-state index contributed by atoms with van der Waals surface area (Å²) in [5.41, 5.74) is 3.85. The minimum Gasteiger partial charge on any atom is -0.341 e. The zero-order valence-corrected chi connectivity index (χ0v) is 14.9. The lowest BCUT2D eigenvalue weighted by Crippen LogP contribution is -2.30. The van der Waals surface area contributed by atoms with Gasteiger partial charge in [-0.3, -0.25) is 0 Å². The molecule has 0 spiro atoms. The third-order valence-corrected chi connectivity index (χ3v) is 4.80. The molecular formula is C19H20ClN5. The van der Waals surface area contributed by atoms with Crippen LogP contribution in [0.1, 0.15) is 25.0 Å². The summed E-state index contributed by atoms with van der Waals surface area (Å²) in [6, 6.07) is 9.60. The van der Waals surface area contributed by atoms with Gasteiger partial charge >= 0.3 is 0 Å². The summed E-state index contributed by atoms with van der Waals surface area (Å²) in [6.07, 6.45) is 7.57. The predicted octanol–water partition coefficient (Wildman–Crippen LogP) is 4.28. The highest BCUT2D eigenvalue weighted by Gasteiger charge is 2.16. The van der Waals surface area contributed by atoms with Gasteiger partial charge in [-0.05, 0) is 56.5 Å². The van der Waals surface area contributed by atoms with E-state index in [1.165, 1.54) is 19.3 Å². The van der Waals surface area contributed by atoms with Crippen LogP contribution in [0.3, 0.4) is 0 Å². The van der Waals surface area contributed by atoms with E-state index in [0.29, 0.717) is 0 Å². The van der Waals surface area contributed by atoms with Crippen LogP contribution in [0.15, 0.2) is 42.7 Å². The normalized spacial score (nSPS) is 14.7. The smallest absolute Gasteiger partial charge is 0.225 e. The van der Waals surface area contributed by atoms with Gasteiger partial charge in [-0.15, -0.1) is 0 Å². The largest absolute Gasteiger partial charge is 0.341 e. The fourth-order valence-electron chi connectivity index (χ4n) is 3.18. The lowest BCUT2D eigenvalue weighted by atomic mass is 10.1. The summed E-state index contributed by atoms with van der Waals surface area (Å²) in [4.78, 5) is 11.5. The predicted molar refractivity (Wildman–Crippen MR) is 100 cm³/mol. The van der Waals surface area contributed by atoms with E-state index in [9.17, 15) is 0 Å². The minimum atomic E-state index is 0.717. The Kier molecular flexibility index (Phi) is 4.40. The average Bonchev–Trinajstić information content (AvgIpc) is 3.05. The zero-order chi connectivity index (χ0) is 17.2. The Bertz CT molecular complexity index is 866. The Morgan fingerprint density at radius 3 is 2.52 bits per heavy atom.